The fourth-order valence-electron chi connectivity index (χ4n) is 5.10. The lowest BCUT2D eigenvalue weighted by atomic mass is 9.88. The summed E-state index contributed by atoms with van der Waals surface area (Å²) < 4.78 is 33.4. The van der Waals surface area contributed by atoms with Crippen molar-refractivity contribution in [3.05, 3.63) is 45.3 Å². The molecule has 1 aromatic carbocycles. The number of esters is 1. The molecule has 1 N–H and O–H groups in total. The first-order valence-corrected chi connectivity index (χ1v) is 15.2. The van der Waals surface area contributed by atoms with Crippen LogP contribution in [0.15, 0.2) is 23.1 Å². The summed E-state index contributed by atoms with van der Waals surface area (Å²) in [4.78, 5) is 29.5. The number of nitrogens with zero attached hydrogens (tertiary/aromatic N) is 2. The van der Waals surface area contributed by atoms with Gasteiger partial charge in [-0.3, -0.25) is 9.69 Å². The van der Waals surface area contributed by atoms with Crippen molar-refractivity contribution in [2.24, 2.45) is 5.92 Å². The summed E-state index contributed by atoms with van der Waals surface area (Å²) in [5.41, 5.74) is 3.14. The van der Waals surface area contributed by atoms with E-state index in [1.54, 1.807) is 13.0 Å². The van der Waals surface area contributed by atoms with Gasteiger partial charge in [-0.25, -0.2) is 13.2 Å². The molecule has 1 amide bonds. The molecule has 8 nitrogen and oxygen atoms in total. The van der Waals surface area contributed by atoms with Gasteiger partial charge in [-0.1, -0.05) is 19.1 Å². The highest BCUT2D eigenvalue weighted by Crippen LogP contribution is 2.40. The van der Waals surface area contributed by atoms with E-state index >= 15 is 0 Å². The number of ether oxygens (including phenoxy) is 1. The quantitative estimate of drug-likeness (QED) is 0.527. The Hall–Kier alpha value is -2.27. The van der Waals surface area contributed by atoms with Gasteiger partial charge in [0.1, 0.15) is 5.00 Å². The van der Waals surface area contributed by atoms with Crippen LogP contribution in [-0.4, -0.2) is 68.3 Å². The topological polar surface area (TPSA) is 96.0 Å². The minimum atomic E-state index is -3.60. The number of fused-ring (bicyclic) bond motifs is 1. The number of nitrogens with one attached hydrogen (secondary N) is 1. The number of thiophene rings is 1. The van der Waals surface area contributed by atoms with E-state index in [1.165, 1.54) is 15.6 Å². The lowest BCUT2D eigenvalue weighted by molar-refractivity contribution is -0.121. The third kappa shape index (κ3) is 5.77. The summed E-state index contributed by atoms with van der Waals surface area (Å²) in [6.07, 6.45) is 2.72. The second kappa shape index (κ2) is 11.2. The third-order valence-electron chi connectivity index (χ3n) is 7.39. The van der Waals surface area contributed by atoms with Gasteiger partial charge in [0.15, 0.2) is 0 Å². The molecule has 1 fully saturated rings. The Labute approximate surface area is 224 Å². The van der Waals surface area contributed by atoms with E-state index in [4.69, 9.17) is 4.74 Å². The molecule has 0 radical (unpaired) electrons. The predicted molar refractivity (Wildman–Crippen MR) is 146 cm³/mol. The lowest BCUT2D eigenvalue weighted by Crippen LogP contribution is -2.54. The number of carbonyl (C=O) groups is 2. The number of hydrogen-bond acceptors (Lipinski definition) is 7. The molecule has 4 rings (SSSR count). The molecule has 2 aliphatic rings. The summed E-state index contributed by atoms with van der Waals surface area (Å²) in [6, 6.07) is 4.98. The van der Waals surface area contributed by atoms with E-state index < -0.39 is 16.1 Å². The van der Waals surface area contributed by atoms with E-state index in [-0.39, 0.29) is 18.5 Å². The van der Waals surface area contributed by atoms with Crippen LogP contribution in [0.25, 0.3) is 0 Å². The first kappa shape index (κ1) is 27.8. The smallest absolute Gasteiger partial charge is 0.341 e. The Morgan fingerprint density at radius 3 is 2.57 bits per heavy atom. The van der Waals surface area contributed by atoms with Crippen LogP contribution in [0.1, 0.15) is 59.1 Å². The van der Waals surface area contributed by atoms with Crippen molar-refractivity contribution in [3.8, 4) is 0 Å². The first-order chi connectivity index (χ1) is 17.5. The fraction of sp³-hybridized carbons (Fsp3) is 0.556. The van der Waals surface area contributed by atoms with Gasteiger partial charge >= 0.3 is 5.97 Å². The van der Waals surface area contributed by atoms with Crippen LogP contribution in [-0.2, 0) is 32.4 Å². The second-order valence-corrected chi connectivity index (χ2v) is 13.2. The first-order valence-electron chi connectivity index (χ1n) is 13.0. The fourth-order valence-corrected chi connectivity index (χ4v) is 8.23. The van der Waals surface area contributed by atoms with Gasteiger partial charge in [0, 0.05) is 31.1 Å². The summed E-state index contributed by atoms with van der Waals surface area (Å²) in [7, 11) is -3.60. The van der Waals surface area contributed by atoms with Crippen LogP contribution in [0.4, 0.5) is 5.00 Å². The van der Waals surface area contributed by atoms with Gasteiger partial charge in [-0.05, 0) is 75.6 Å². The maximum Gasteiger partial charge on any atom is 0.341 e. The molecule has 37 heavy (non-hydrogen) atoms. The average Bonchev–Trinajstić information content (AvgIpc) is 3.21. The average molecular weight is 548 g/mol. The number of rotatable bonds is 7. The van der Waals surface area contributed by atoms with Crippen LogP contribution in [0.5, 0.6) is 0 Å². The number of amides is 1. The van der Waals surface area contributed by atoms with Crippen LogP contribution < -0.4 is 5.32 Å². The van der Waals surface area contributed by atoms with E-state index in [0.717, 1.165) is 40.8 Å². The Balaban J connectivity index is 1.45. The van der Waals surface area contributed by atoms with Gasteiger partial charge in [0.2, 0.25) is 15.9 Å². The highest BCUT2D eigenvalue weighted by molar-refractivity contribution is 7.89. The molecule has 0 unspecified atom stereocenters. The van der Waals surface area contributed by atoms with E-state index in [0.29, 0.717) is 47.6 Å². The van der Waals surface area contributed by atoms with Crippen molar-refractivity contribution in [1.82, 2.24) is 9.21 Å². The van der Waals surface area contributed by atoms with Crippen LogP contribution >= 0.6 is 11.3 Å². The molecular formula is C27H37N3O5S2. The zero-order valence-electron chi connectivity index (χ0n) is 22.3. The van der Waals surface area contributed by atoms with Crippen molar-refractivity contribution >= 4 is 38.2 Å². The summed E-state index contributed by atoms with van der Waals surface area (Å²) in [5, 5.41) is 3.57. The summed E-state index contributed by atoms with van der Waals surface area (Å²) >= 11 is 1.48. The normalized spacial score (nSPS) is 19.8. The van der Waals surface area contributed by atoms with Crippen molar-refractivity contribution in [3.63, 3.8) is 0 Å². The van der Waals surface area contributed by atoms with Gasteiger partial charge in [-0.15, -0.1) is 11.3 Å². The lowest BCUT2D eigenvalue weighted by Gasteiger charge is -2.36. The molecule has 2 atom stereocenters. The number of sulfonamides is 1. The SMILES string of the molecule is CCOC(=O)c1c(NC(=O)[C@H](C)N2CCN(S(=O)(=O)c3cc(C)ccc3C)CC2)sc2c1CC[C@H](C)C2. The molecular weight excluding hydrogens is 510 g/mol. The van der Waals surface area contributed by atoms with Gasteiger partial charge < -0.3 is 10.1 Å². The highest BCUT2D eigenvalue weighted by atomic mass is 32.2. The predicted octanol–water partition coefficient (Wildman–Crippen LogP) is 4.00. The number of piperazine rings is 1. The second-order valence-electron chi connectivity index (χ2n) is 10.2. The van der Waals surface area contributed by atoms with Crippen LogP contribution in [0.2, 0.25) is 0 Å². The highest BCUT2D eigenvalue weighted by Gasteiger charge is 2.34. The molecule has 1 aliphatic heterocycles. The number of carbonyl (C=O) groups excluding carboxylic acids is 2. The Morgan fingerprint density at radius 1 is 1.19 bits per heavy atom. The minimum Gasteiger partial charge on any atom is -0.462 e. The van der Waals surface area contributed by atoms with Gasteiger partial charge in [-0.2, -0.15) is 4.31 Å². The van der Waals surface area contributed by atoms with Crippen molar-refractivity contribution in [2.75, 3.05) is 38.1 Å². The standard InChI is InChI=1S/C27H37N3O5S2/c1-6-35-27(32)24-21-10-8-17(2)15-22(21)36-26(24)28-25(31)20(5)29-11-13-30(14-12-29)37(33,34)23-16-18(3)7-9-19(23)4/h7,9,16-17,20H,6,8,10-15H2,1-5H3,(H,28,31)/t17-,20-/m0/s1. The third-order valence-corrected chi connectivity index (χ3v) is 10.6. The van der Waals surface area contributed by atoms with Gasteiger partial charge in [0.05, 0.1) is 23.1 Å². The van der Waals surface area contributed by atoms with Crippen LogP contribution in [0, 0.1) is 19.8 Å². The molecule has 1 saturated heterocycles. The number of hydrogen-bond donors (Lipinski definition) is 1. The summed E-state index contributed by atoms with van der Waals surface area (Å²) in [6.45, 7) is 11.3. The maximum atomic E-state index is 13.3. The Bertz CT molecular complexity index is 1280. The van der Waals surface area contributed by atoms with Crippen molar-refractivity contribution in [2.45, 2.75) is 64.8 Å². The van der Waals surface area contributed by atoms with E-state index in [1.807, 2.05) is 37.8 Å². The zero-order valence-corrected chi connectivity index (χ0v) is 23.9. The number of anilines is 1. The zero-order chi connectivity index (χ0) is 26.9. The number of benzene rings is 1. The van der Waals surface area contributed by atoms with Gasteiger partial charge in [0.25, 0.3) is 0 Å². The van der Waals surface area contributed by atoms with Crippen LogP contribution in [0.3, 0.4) is 0 Å². The maximum absolute atomic E-state index is 13.3. The molecule has 1 aromatic heterocycles. The van der Waals surface area contributed by atoms with Crippen molar-refractivity contribution in [1.29, 1.82) is 0 Å². The molecule has 0 saturated carbocycles. The molecule has 202 valence electrons. The molecule has 2 heterocycles. The Morgan fingerprint density at radius 2 is 1.89 bits per heavy atom. The Kier molecular flexibility index (Phi) is 8.42. The van der Waals surface area contributed by atoms with Crippen molar-refractivity contribution < 1.29 is 22.7 Å². The molecule has 0 bridgehead atoms. The largest absolute Gasteiger partial charge is 0.462 e. The minimum absolute atomic E-state index is 0.206. The molecule has 10 heteroatoms. The monoisotopic (exact) mass is 547 g/mol. The van der Waals surface area contributed by atoms with E-state index in [2.05, 4.69) is 12.2 Å². The number of aryl methyl sites for hydroxylation is 2. The van der Waals surface area contributed by atoms with E-state index in [9.17, 15) is 18.0 Å². The molecule has 1 aliphatic carbocycles. The summed E-state index contributed by atoms with van der Waals surface area (Å²) in [5.74, 6) is -0.0503. The molecule has 2 aromatic rings. The molecule has 0 spiro atoms.